The van der Waals surface area contributed by atoms with Crippen molar-refractivity contribution in [1.82, 2.24) is 0 Å². The summed E-state index contributed by atoms with van der Waals surface area (Å²) >= 11 is 3.46. The molecule has 2 aromatic rings. The number of hydrogen-bond acceptors (Lipinski definition) is 3. The molecule has 2 aromatic carbocycles. The van der Waals surface area contributed by atoms with E-state index in [9.17, 15) is 4.79 Å². The fraction of sp³-hybridized carbons (Fsp3) is 0.176. The summed E-state index contributed by atoms with van der Waals surface area (Å²) in [5, 5.41) is 11.5. The van der Waals surface area contributed by atoms with E-state index in [1.54, 1.807) is 24.3 Å². The zero-order chi connectivity index (χ0) is 16.1. The minimum Gasteiger partial charge on any atom is -0.483 e. The van der Waals surface area contributed by atoms with Crippen LogP contribution in [0.25, 0.3) is 0 Å². The Hall–Kier alpha value is -2.32. The second kappa shape index (κ2) is 7.10. The van der Waals surface area contributed by atoms with E-state index in [2.05, 4.69) is 21.2 Å². The van der Waals surface area contributed by atoms with Crippen LogP contribution in [0.1, 0.15) is 16.7 Å². The van der Waals surface area contributed by atoms with Gasteiger partial charge >= 0.3 is 0 Å². The molecule has 0 aliphatic rings. The Bertz CT molecular complexity index is 751. The van der Waals surface area contributed by atoms with Gasteiger partial charge in [0, 0.05) is 10.2 Å². The van der Waals surface area contributed by atoms with Crippen LogP contribution in [0.5, 0.6) is 5.75 Å². The average molecular weight is 359 g/mol. The third kappa shape index (κ3) is 4.09. The van der Waals surface area contributed by atoms with Crippen LogP contribution < -0.4 is 10.1 Å². The Balaban J connectivity index is 1.98. The highest BCUT2D eigenvalue weighted by atomic mass is 79.9. The first kappa shape index (κ1) is 16.1. The predicted octanol–water partition coefficient (Wildman–Crippen LogP) is 3.96. The van der Waals surface area contributed by atoms with Gasteiger partial charge in [0.25, 0.3) is 5.91 Å². The Kier molecular flexibility index (Phi) is 5.18. The molecule has 4 nitrogen and oxygen atoms in total. The second-order valence-electron chi connectivity index (χ2n) is 4.90. The fourth-order valence-electron chi connectivity index (χ4n) is 1.92. The first-order chi connectivity index (χ1) is 10.5. The van der Waals surface area contributed by atoms with E-state index in [1.807, 2.05) is 32.0 Å². The molecule has 22 heavy (non-hydrogen) atoms. The molecular formula is C17H15BrN2O2. The molecule has 1 amide bonds. The number of nitriles is 1. The number of aryl methyl sites for hydroxylation is 2. The van der Waals surface area contributed by atoms with Gasteiger partial charge in [-0.1, -0.05) is 22.0 Å². The lowest BCUT2D eigenvalue weighted by atomic mass is 10.1. The summed E-state index contributed by atoms with van der Waals surface area (Å²) in [6, 6.07) is 12.6. The fourth-order valence-corrected chi connectivity index (χ4v) is 2.37. The summed E-state index contributed by atoms with van der Waals surface area (Å²) in [6.07, 6.45) is 0. The molecule has 0 aliphatic carbocycles. The zero-order valence-electron chi connectivity index (χ0n) is 12.3. The Labute approximate surface area is 137 Å². The van der Waals surface area contributed by atoms with Gasteiger partial charge in [-0.3, -0.25) is 4.79 Å². The van der Waals surface area contributed by atoms with Crippen LogP contribution in [0.3, 0.4) is 0 Å². The van der Waals surface area contributed by atoms with E-state index in [0.717, 1.165) is 15.6 Å². The molecule has 0 heterocycles. The first-order valence-corrected chi connectivity index (χ1v) is 7.48. The average Bonchev–Trinajstić information content (AvgIpc) is 2.49. The van der Waals surface area contributed by atoms with Crippen LogP contribution >= 0.6 is 15.9 Å². The Morgan fingerprint density at radius 2 is 2.05 bits per heavy atom. The largest absolute Gasteiger partial charge is 0.483 e. The van der Waals surface area contributed by atoms with Gasteiger partial charge in [-0.05, 0) is 55.3 Å². The quantitative estimate of drug-likeness (QED) is 0.899. The summed E-state index contributed by atoms with van der Waals surface area (Å²) in [7, 11) is 0. The van der Waals surface area contributed by atoms with Gasteiger partial charge in [0.05, 0.1) is 11.6 Å². The molecule has 0 spiro atoms. The molecule has 0 bridgehead atoms. The van der Waals surface area contributed by atoms with Crippen molar-refractivity contribution in [1.29, 1.82) is 5.26 Å². The Morgan fingerprint density at radius 1 is 1.27 bits per heavy atom. The number of nitrogens with one attached hydrogen (secondary N) is 1. The number of rotatable bonds is 4. The summed E-state index contributed by atoms with van der Waals surface area (Å²) in [5.41, 5.74) is 3.08. The van der Waals surface area contributed by atoms with Crippen LogP contribution in [0.4, 0.5) is 5.69 Å². The van der Waals surface area contributed by atoms with E-state index in [4.69, 9.17) is 10.00 Å². The SMILES string of the molecule is Cc1cc(OCC(=O)Nc2cccc(C#N)c2)c(C)cc1Br. The lowest BCUT2D eigenvalue weighted by Crippen LogP contribution is -2.20. The molecule has 5 heteroatoms. The normalized spacial score (nSPS) is 9.91. The second-order valence-corrected chi connectivity index (χ2v) is 5.75. The van der Waals surface area contributed by atoms with Crippen LogP contribution in [0, 0.1) is 25.2 Å². The summed E-state index contributed by atoms with van der Waals surface area (Å²) in [6.45, 7) is 3.80. The third-order valence-corrected chi connectivity index (χ3v) is 3.94. The number of hydrogen-bond donors (Lipinski definition) is 1. The van der Waals surface area contributed by atoms with Crippen LogP contribution in [0.15, 0.2) is 40.9 Å². The maximum Gasteiger partial charge on any atom is 0.262 e. The van der Waals surface area contributed by atoms with Gasteiger partial charge in [0.2, 0.25) is 0 Å². The van der Waals surface area contributed by atoms with E-state index < -0.39 is 0 Å². The lowest BCUT2D eigenvalue weighted by Gasteiger charge is -2.11. The molecule has 0 radical (unpaired) electrons. The molecule has 0 aliphatic heterocycles. The van der Waals surface area contributed by atoms with E-state index in [-0.39, 0.29) is 12.5 Å². The van der Waals surface area contributed by atoms with E-state index in [0.29, 0.717) is 17.0 Å². The summed E-state index contributed by atoms with van der Waals surface area (Å²) < 4.78 is 6.57. The van der Waals surface area contributed by atoms with Crippen molar-refractivity contribution in [2.75, 3.05) is 11.9 Å². The van der Waals surface area contributed by atoms with Gasteiger partial charge in [-0.2, -0.15) is 5.26 Å². The number of halogens is 1. The molecule has 2 rings (SSSR count). The smallest absolute Gasteiger partial charge is 0.262 e. The highest BCUT2D eigenvalue weighted by Crippen LogP contribution is 2.26. The number of nitrogens with zero attached hydrogens (tertiary/aromatic N) is 1. The minimum atomic E-state index is -0.268. The third-order valence-electron chi connectivity index (χ3n) is 3.09. The topological polar surface area (TPSA) is 62.1 Å². The molecule has 0 unspecified atom stereocenters. The highest BCUT2D eigenvalue weighted by molar-refractivity contribution is 9.10. The molecule has 0 saturated carbocycles. The van der Waals surface area contributed by atoms with Gasteiger partial charge in [0.1, 0.15) is 5.75 Å². The van der Waals surface area contributed by atoms with Crippen molar-refractivity contribution in [2.24, 2.45) is 0 Å². The number of amides is 1. The molecule has 1 N–H and O–H groups in total. The van der Waals surface area contributed by atoms with Crippen LogP contribution in [-0.4, -0.2) is 12.5 Å². The van der Waals surface area contributed by atoms with Gasteiger partial charge in [-0.25, -0.2) is 0 Å². The van der Waals surface area contributed by atoms with Crippen LogP contribution in [0.2, 0.25) is 0 Å². The maximum absolute atomic E-state index is 11.9. The zero-order valence-corrected chi connectivity index (χ0v) is 13.9. The monoisotopic (exact) mass is 358 g/mol. The molecule has 0 aromatic heterocycles. The molecule has 0 fully saturated rings. The molecule has 0 atom stereocenters. The van der Waals surface area contributed by atoms with Crippen molar-refractivity contribution in [2.45, 2.75) is 13.8 Å². The maximum atomic E-state index is 11.9. The standard InChI is InChI=1S/C17H15BrN2O2/c1-11-7-16(12(2)6-15(11)18)22-10-17(21)20-14-5-3-4-13(8-14)9-19/h3-8H,10H2,1-2H3,(H,20,21). The molecule has 112 valence electrons. The van der Waals surface area contributed by atoms with Crippen molar-refractivity contribution in [3.63, 3.8) is 0 Å². The lowest BCUT2D eigenvalue weighted by molar-refractivity contribution is -0.118. The number of benzene rings is 2. The van der Waals surface area contributed by atoms with Crippen molar-refractivity contribution < 1.29 is 9.53 Å². The summed E-state index contributed by atoms with van der Waals surface area (Å²) in [5.74, 6) is 0.414. The van der Waals surface area contributed by atoms with Crippen molar-refractivity contribution in [3.05, 3.63) is 57.6 Å². The number of ether oxygens (including phenoxy) is 1. The number of carbonyl (C=O) groups excluding carboxylic acids is 1. The van der Waals surface area contributed by atoms with Crippen molar-refractivity contribution >= 4 is 27.5 Å². The van der Waals surface area contributed by atoms with Gasteiger partial charge < -0.3 is 10.1 Å². The highest BCUT2D eigenvalue weighted by Gasteiger charge is 2.08. The van der Waals surface area contributed by atoms with E-state index in [1.165, 1.54) is 0 Å². The summed E-state index contributed by atoms with van der Waals surface area (Å²) in [4.78, 5) is 11.9. The minimum absolute atomic E-state index is 0.0846. The predicted molar refractivity (Wildman–Crippen MR) is 88.9 cm³/mol. The van der Waals surface area contributed by atoms with Gasteiger partial charge in [0.15, 0.2) is 6.61 Å². The molecular weight excluding hydrogens is 344 g/mol. The number of carbonyl (C=O) groups is 1. The number of anilines is 1. The molecule has 0 saturated heterocycles. The van der Waals surface area contributed by atoms with E-state index >= 15 is 0 Å². The Morgan fingerprint density at radius 3 is 2.77 bits per heavy atom. The first-order valence-electron chi connectivity index (χ1n) is 6.69. The van der Waals surface area contributed by atoms with Crippen LogP contribution in [-0.2, 0) is 4.79 Å². The van der Waals surface area contributed by atoms with Gasteiger partial charge in [-0.15, -0.1) is 0 Å². The van der Waals surface area contributed by atoms with Crippen molar-refractivity contribution in [3.8, 4) is 11.8 Å².